The Labute approximate surface area is 228 Å². The number of ether oxygens (including phenoxy) is 3. The standard InChI is InChI=1S/C28H23Cl2NO7/c1-36-19-10-8-16(9-11-19)23-22(24(32)18-12-20(29)26(37-2)21(30)13-18)25(33)27(34)31(23)14-15-4-6-17(7-5-15)28(35)38-3/h4-13,23,32H,14H2,1-3H3/b24-22+. The molecule has 1 heterocycles. The maximum absolute atomic E-state index is 13.3. The van der Waals surface area contributed by atoms with E-state index in [-0.39, 0.29) is 33.5 Å². The van der Waals surface area contributed by atoms with Gasteiger partial charge in [-0.3, -0.25) is 9.59 Å². The molecule has 0 aromatic heterocycles. The van der Waals surface area contributed by atoms with E-state index in [0.717, 1.165) is 0 Å². The first kappa shape index (κ1) is 27.0. The summed E-state index contributed by atoms with van der Waals surface area (Å²) < 4.78 is 15.1. The number of likely N-dealkylation sites (tertiary alicyclic amines) is 1. The molecule has 38 heavy (non-hydrogen) atoms. The summed E-state index contributed by atoms with van der Waals surface area (Å²) >= 11 is 12.5. The Morgan fingerprint density at radius 3 is 2.03 bits per heavy atom. The van der Waals surface area contributed by atoms with Gasteiger partial charge in [0.15, 0.2) is 5.75 Å². The highest BCUT2D eigenvalue weighted by Gasteiger charge is 2.46. The van der Waals surface area contributed by atoms with Crippen LogP contribution in [0.1, 0.15) is 33.1 Å². The Hall–Kier alpha value is -4.01. The van der Waals surface area contributed by atoms with Crippen LogP contribution in [0.3, 0.4) is 0 Å². The minimum Gasteiger partial charge on any atom is -0.507 e. The van der Waals surface area contributed by atoms with E-state index in [0.29, 0.717) is 22.4 Å². The van der Waals surface area contributed by atoms with Crippen LogP contribution in [0.5, 0.6) is 11.5 Å². The molecule has 1 aliphatic heterocycles. The Morgan fingerprint density at radius 2 is 1.50 bits per heavy atom. The minimum absolute atomic E-state index is 0.0314. The van der Waals surface area contributed by atoms with E-state index < -0.39 is 29.5 Å². The van der Waals surface area contributed by atoms with E-state index in [4.69, 9.17) is 37.4 Å². The molecule has 0 saturated carbocycles. The van der Waals surface area contributed by atoms with Gasteiger partial charge < -0.3 is 24.2 Å². The van der Waals surface area contributed by atoms with E-state index >= 15 is 0 Å². The van der Waals surface area contributed by atoms with Crippen molar-refractivity contribution in [3.63, 3.8) is 0 Å². The van der Waals surface area contributed by atoms with Crippen molar-refractivity contribution in [1.82, 2.24) is 4.90 Å². The van der Waals surface area contributed by atoms with Crippen molar-refractivity contribution < 1.29 is 33.7 Å². The number of ketones is 1. The van der Waals surface area contributed by atoms with E-state index in [9.17, 15) is 19.5 Å². The van der Waals surface area contributed by atoms with Crippen LogP contribution in [-0.4, -0.2) is 49.0 Å². The lowest BCUT2D eigenvalue weighted by atomic mass is 9.95. The number of Topliss-reactive ketones (excluding diaryl/α,β-unsaturated/α-hetero) is 1. The van der Waals surface area contributed by atoms with Gasteiger partial charge in [-0.15, -0.1) is 0 Å². The van der Waals surface area contributed by atoms with Gasteiger partial charge in [-0.1, -0.05) is 47.5 Å². The number of halogens is 2. The number of rotatable bonds is 7. The maximum Gasteiger partial charge on any atom is 0.337 e. The van der Waals surface area contributed by atoms with Crippen LogP contribution in [0.4, 0.5) is 0 Å². The number of nitrogens with zero attached hydrogens (tertiary/aromatic N) is 1. The predicted molar refractivity (Wildman–Crippen MR) is 142 cm³/mol. The number of amides is 1. The van der Waals surface area contributed by atoms with Crippen molar-refractivity contribution in [3.05, 3.63) is 98.5 Å². The molecule has 1 aliphatic rings. The number of methoxy groups -OCH3 is 3. The van der Waals surface area contributed by atoms with Crippen LogP contribution in [0.25, 0.3) is 5.76 Å². The molecule has 10 heteroatoms. The fourth-order valence-corrected chi connectivity index (χ4v) is 4.93. The second-order valence-corrected chi connectivity index (χ2v) is 9.18. The van der Waals surface area contributed by atoms with Gasteiger partial charge in [0.2, 0.25) is 0 Å². The van der Waals surface area contributed by atoms with Crippen LogP contribution in [-0.2, 0) is 20.9 Å². The highest BCUT2D eigenvalue weighted by molar-refractivity contribution is 6.46. The first-order valence-electron chi connectivity index (χ1n) is 11.3. The highest BCUT2D eigenvalue weighted by Crippen LogP contribution is 2.42. The summed E-state index contributed by atoms with van der Waals surface area (Å²) in [5.41, 5.74) is 1.61. The third-order valence-electron chi connectivity index (χ3n) is 6.18. The molecule has 0 radical (unpaired) electrons. The number of aliphatic hydroxyl groups is 1. The Balaban J connectivity index is 1.83. The average molecular weight is 556 g/mol. The maximum atomic E-state index is 13.3. The normalized spacial score (nSPS) is 16.4. The first-order valence-corrected chi connectivity index (χ1v) is 12.1. The molecular weight excluding hydrogens is 533 g/mol. The fraction of sp³-hybridized carbons (Fsp3) is 0.179. The number of carbonyl (C=O) groups excluding carboxylic acids is 3. The molecule has 1 N–H and O–H groups in total. The monoisotopic (exact) mass is 555 g/mol. The van der Waals surface area contributed by atoms with Crippen molar-refractivity contribution >= 4 is 46.6 Å². The van der Waals surface area contributed by atoms with E-state index in [1.54, 1.807) is 48.5 Å². The Morgan fingerprint density at radius 1 is 0.895 bits per heavy atom. The molecule has 8 nitrogen and oxygen atoms in total. The molecule has 1 fully saturated rings. The molecule has 0 bridgehead atoms. The average Bonchev–Trinajstić information content (AvgIpc) is 3.17. The Kier molecular flexibility index (Phi) is 7.94. The van der Waals surface area contributed by atoms with Crippen molar-refractivity contribution in [2.24, 2.45) is 0 Å². The molecule has 4 rings (SSSR count). The zero-order chi connectivity index (χ0) is 27.6. The second-order valence-electron chi connectivity index (χ2n) is 8.36. The lowest BCUT2D eigenvalue weighted by molar-refractivity contribution is -0.140. The molecule has 3 aromatic carbocycles. The predicted octanol–water partition coefficient (Wildman–Crippen LogP) is 5.42. The Bertz CT molecular complexity index is 1410. The van der Waals surface area contributed by atoms with E-state index in [1.165, 1.54) is 38.4 Å². The third kappa shape index (κ3) is 5.05. The number of aliphatic hydroxyl groups excluding tert-OH is 1. The van der Waals surface area contributed by atoms with Gasteiger partial charge in [-0.2, -0.15) is 0 Å². The van der Waals surface area contributed by atoms with Gasteiger partial charge in [0, 0.05) is 12.1 Å². The summed E-state index contributed by atoms with van der Waals surface area (Å²) in [6.45, 7) is 0.0314. The molecule has 1 amide bonds. The quantitative estimate of drug-likeness (QED) is 0.180. The van der Waals surface area contributed by atoms with Crippen LogP contribution >= 0.6 is 23.2 Å². The molecule has 196 valence electrons. The fourth-order valence-electron chi connectivity index (χ4n) is 4.28. The zero-order valence-electron chi connectivity index (χ0n) is 20.7. The smallest absolute Gasteiger partial charge is 0.337 e. The van der Waals surface area contributed by atoms with Gasteiger partial charge in [-0.05, 0) is 47.5 Å². The summed E-state index contributed by atoms with van der Waals surface area (Å²) in [5, 5.41) is 11.6. The molecule has 1 atom stereocenters. The van der Waals surface area contributed by atoms with Crippen LogP contribution in [0, 0.1) is 0 Å². The van der Waals surface area contributed by atoms with Crippen molar-refractivity contribution in [2.75, 3.05) is 21.3 Å². The molecule has 0 aliphatic carbocycles. The lowest BCUT2D eigenvalue weighted by Crippen LogP contribution is -2.29. The summed E-state index contributed by atoms with van der Waals surface area (Å²) in [5.74, 6) is -1.79. The summed E-state index contributed by atoms with van der Waals surface area (Å²) in [7, 11) is 4.21. The molecule has 0 spiro atoms. The van der Waals surface area contributed by atoms with Gasteiger partial charge in [-0.25, -0.2) is 4.79 Å². The van der Waals surface area contributed by atoms with Crippen LogP contribution < -0.4 is 9.47 Å². The second kappa shape index (κ2) is 11.2. The van der Waals surface area contributed by atoms with Gasteiger partial charge in [0.25, 0.3) is 11.7 Å². The first-order chi connectivity index (χ1) is 18.2. The number of hydrogen-bond donors (Lipinski definition) is 1. The number of benzene rings is 3. The van der Waals surface area contributed by atoms with Crippen molar-refractivity contribution in [1.29, 1.82) is 0 Å². The third-order valence-corrected chi connectivity index (χ3v) is 6.74. The molecular formula is C28H23Cl2NO7. The van der Waals surface area contributed by atoms with E-state index in [2.05, 4.69) is 0 Å². The molecule has 3 aromatic rings. The topological polar surface area (TPSA) is 102 Å². The van der Waals surface area contributed by atoms with Crippen LogP contribution in [0.2, 0.25) is 10.0 Å². The minimum atomic E-state index is -0.930. The van der Waals surface area contributed by atoms with E-state index in [1.807, 2.05) is 0 Å². The lowest BCUT2D eigenvalue weighted by Gasteiger charge is -2.25. The summed E-state index contributed by atoms with van der Waals surface area (Å²) in [4.78, 5) is 39.7. The van der Waals surface area contributed by atoms with Crippen molar-refractivity contribution in [2.45, 2.75) is 12.6 Å². The molecule has 1 unspecified atom stereocenters. The van der Waals surface area contributed by atoms with Gasteiger partial charge in [0.05, 0.1) is 48.6 Å². The highest BCUT2D eigenvalue weighted by atomic mass is 35.5. The summed E-state index contributed by atoms with van der Waals surface area (Å²) in [6, 6.07) is 15.2. The van der Waals surface area contributed by atoms with Gasteiger partial charge >= 0.3 is 5.97 Å². The largest absolute Gasteiger partial charge is 0.507 e. The number of hydrogen-bond acceptors (Lipinski definition) is 7. The number of carbonyl (C=O) groups is 3. The van der Waals surface area contributed by atoms with Gasteiger partial charge in [0.1, 0.15) is 11.5 Å². The number of esters is 1. The van der Waals surface area contributed by atoms with Crippen molar-refractivity contribution in [3.8, 4) is 11.5 Å². The SMILES string of the molecule is COC(=O)c1ccc(CN2C(=O)C(=O)/C(=C(/O)c3cc(Cl)c(OC)c(Cl)c3)C2c2ccc(OC)cc2)cc1. The molecule has 1 saturated heterocycles. The zero-order valence-corrected chi connectivity index (χ0v) is 22.2. The van der Waals surface area contributed by atoms with Crippen LogP contribution in [0.15, 0.2) is 66.2 Å². The summed E-state index contributed by atoms with van der Waals surface area (Å²) in [6.07, 6.45) is 0.